The lowest BCUT2D eigenvalue weighted by molar-refractivity contribution is -0.148. The number of nitriles is 1. The second kappa shape index (κ2) is 7.71. The fraction of sp³-hybridized carbons (Fsp3) is 0.250. The molecule has 0 unspecified atom stereocenters. The molecule has 2 heterocycles. The number of pyridine rings is 1. The van der Waals surface area contributed by atoms with E-state index >= 15 is 0 Å². The zero-order valence-electron chi connectivity index (χ0n) is 17.0. The van der Waals surface area contributed by atoms with Gasteiger partial charge in [-0.3, -0.25) is 9.36 Å². The predicted molar refractivity (Wildman–Crippen MR) is 120 cm³/mol. The quantitative estimate of drug-likeness (QED) is 0.415. The van der Waals surface area contributed by atoms with E-state index in [9.17, 15) is 10.1 Å². The summed E-state index contributed by atoms with van der Waals surface area (Å²) in [6.07, 6.45) is 4.24. The maximum atomic E-state index is 12.8. The maximum absolute atomic E-state index is 12.8. The number of hydrogen-bond acceptors (Lipinski definition) is 6. The van der Waals surface area contributed by atoms with Gasteiger partial charge < -0.3 is 4.74 Å². The lowest BCUT2D eigenvalue weighted by atomic mass is 9.84. The van der Waals surface area contributed by atoms with Crippen molar-refractivity contribution >= 4 is 39.7 Å². The summed E-state index contributed by atoms with van der Waals surface area (Å²) in [6.45, 7) is 2.19. The van der Waals surface area contributed by atoms with Crippen LogP contribution in [0, 0.1) is 11.3 Å². The van der Waals surface area contributed by atoms with Gasteiger partial charge >= 0.3 is 5.97 Å². The third-order valence-corrected chi connectivity index (χ3v) is 7.18. The first-order chi connectivity index (χ1) is 15.2. The Hall–Kier alpha value is -3.37. The van der Waals surface area contributed by atoms with Crippen molar-refractivity contribution in [3.63, 3.8) is 0 Å². The van der Waals surface area contributed by atoms with E-state index in [0.29, 0.717) is 23.0 Å². The van der Waals surface area contributed by atoms with E-state index in [2.05, 4.69) is 15.6 Å². The van der Waals surface area contributed by atoms with Gasteiger partial charge in [0.15, 0.2) is 10.8 Å². The van der Waals surface area contributed by atoms with E-state index in [1.54, 1.807) is 6.20 Å². The third-order valence-electron chi connectivity index (χ3n) is 5.76. The van der Waals surface area contributed by atoms with Gasteiger partial charge in [-0.25, -0.2) is 9.97 Å². The van der Waals surface area contributed by atoms with E-state index in [1.165, 1.54) is 11.8 Å². The highest BCUT2D eigenvalue weighted by atomic mass is 32.2. The summed E-state index contributed by atoms with van der Waals surface area (Å²) in [4.78, 5) is 22.0. The fourth-order valence-corrected chi connectivity index (χ4v) is 5.46. The number of benzene rings is 2. The van der Waals surface area contributed by atoms with Crippen molar-refractivity contribution in [1.82, 2.24) is 14.5 Å². The molecule has 1 aliphatic carbocycles. The molecule has 1 aliphatic rings. The minimum atomic E-state index is -0.614. The summed E-state index contributed by atoms with van der Waals surface area (Å²) >= 11 is 1.46. The monoisotopic (exact) mass is 428 g/mol. The molecule has 0 atom stereocenters. The summed E-state index contributed by atoms with van der Waals surface area (Å²) < 4.78 is 6.83. The van der Waals surface area contributed by atoms with Gasteiger partial charge in [0.05, 0.1) is 29.4 Å². The number of esters is 1. The maximum Gasteiger partial charge on any atom is 0.322 e. The van der Waals surface area contributed by atoms with Crippen molar-refractivity contribution in [1.29, 1.82) is 5.26 Å². The second-order valence-electron chi connectivity index (χ2n) is 7.54. The minimum Gasteiger partial charge on any atom is -0.465 e. The number of imidazole rings is 1. The molecular weight excluding hydrogens is 408 g/mol. The summed E-state index contributed by atoms with van der Waals surface area (Å²) in [6, 6.07) is 17.8. The van der Waals surface area contributed by atoms with Gasteiger partial charge in [0, 0.05) is 17.0 Å². The molecule has 6 nitrogen and oxygen atoms in total. The molecule has 7 heteroatoms. The van der Waals surface area contributed by atoms with E-state index in [1.807, 2.05) is 55.5 Å². The van der Waals surface area contributed by atoms with Crippen LogP contribution in [0.25, 0.3) is 27.6 Å². The van der Waals surface area contributed by atoms with Crippen LogP contribution < -0.4 is 0 Å². The Morgan fingerprint density at radius 3 is 2.71 bits per heavy atom. The molecule has 2 aromatic carbocycles. The van der Waals surface area contributed by atoms with Crippen LogP contribution in [0.5, 0.6) is 0 Å². The molecule has 4 aromatic rings. The molecule has 2 aromatic heterocycles. The van der Waals surface area contributed by atoms with Gasteiger partial charge in [-0.2, -0.15) is 5.26 Å². The lowest BCUT2D eigenvalue weighted by Crippen LogP contribution is -2.43. The van der Waals surface area contributed by atoms with Crippen molar-refractivity contribution in [2.45, 2.75) is 36.1 Å². The number of carbonyl (C=O) groups excluding carboxylic acids is 1. The van der Waals surface area contributed by atoms with Gasteiger partial charge in [0.25, 0.3) is 0 Å². The van der Waals surface area contributed by atoms with E-state index < -0.39 is 4.75 Å². The zero-order valence-corrected chi connectivity index (χ0v) is 17.9. The number of nitrogens with zero attached hydrogens (tertiary/aromatic N) is 4. The van der Waals surface area contributed by atoms with Crippen LogP contribution in [0.4, 0.5) is 0 Å². The lowest BCUT2D eigenvalue weighted by Gasteiger charge is -2.37. The Kier molecular flexibility index (Phi) is 4.87. The van der Waals surface area contributed by atoms with Crippen LogP contribution in [0.2, 0.25) is 0 Å². The standard InChI is InChI=1S/C24H20N4O2S/c1-2-30-22(29)24(12-6-13-24)31-23-27-21-20(9-5-14-26-21)28(23)19-11-10-16(15-25)17-7-3-4-8-18(17)19/h3-5,7-11,14H,2,6,12-13H2,1H3. The number of thioether (sulfide) groups is 1. The smallest absolute Gasteiger partial charge is 0.322 e. The summed E-state index contributed by atoms with van der Waals surface area (Å²) in [7, 11) is 0. The van der Waals surface area contributed by atoms with Gasteiger partial charge in [-0.15, -0.1) is 0 Å². The average Bonchev–Trinajstić information content (AvgIpc) is 3.13. The highest BCUT2D eigenvalue weighted by molar-refractivity contribution is 8.01. The molecule has 0 saturated heterocycles. The number of ether oxygens (including phenoxy) is 1. The molecule has 1 fully saturated rings. The molecule has 0 amide bonds. The van der Waals surface area contributed by atoms with Crippen LogP contribution in [-0.2, 0) is 9.53 Å². The Bertz CT molecular complexity index is 1350. The molecule has 0 radical (unpaired) electrons. The third kappa shape index (κ3) is 3.15. The number of hydrogen-bond donors (Lipinski definition) is 0. The molecule has 1 saturated carbocycles. The van der Waals surface area contributed by atoms with E-state index in [4.69, 9.17) is 9.72 Å². The second-order valence-corrected chi connectivity index (χ2v) is 8.89. The number of rotatable bonds is 5. The van der Waals surface area contributed by atoms with Crippen LogP contribution in [0.1, 0.15) is 31.7 Å². The Balaban J connectivity index is 1.73. The predicted octanol–water partition coefficient (Wildman–Crippen LogP) is 5.02. The highest BCUT2D eigenvalue weighted by Gasteiger charge is 2.48. The van der Waals surface area contributed by atoms with Gasteiger partial charge in [0.1, 0.15) is 4.75 Å². The first kappa shape index (κ1) is 19.6. The van der Waals surface area contributed by atoms with Crippen molar-refractivity contribution < 1.29 is 9.53 Å². The molecule has 0 aliphatic heterocycles. The SMILES string of the molecule is CCOC(=O)C1(Sc2nc3ncccc3n2-c2ccc(C#N)c3ccccc23)CCC1. The zero-order chi connectivity index (χ0) is 21.4. The number of carbonyl (C=O) groups is 1. The van der Waals surface area contributed by atoms with Crippen LogP contribution in [0.3, 0.4) is 0 Å². The van der Waals surface area contributed by atoms with Crippen LogP contribution >= 0.6 is 11.8 Å². The molecule has 0 N–H and O–H groups in total. The van der Waals surface area contributed by atoms with E-state index in [0.717, 1.165) is 41.2 Å². The normalized spacial score (nSPS) is 14.8. The van der Waals surface area contributed by atoms with Crippen molar-refractivity contribution in [2.75, 3.05) is 6.61 Å². The molecule has 0 spiro atoms. The summed E-state index contributed by atoms with van der Waals surface area (Å²) in [5, 5.41) is 12.1. The Labute approximate surface area is 183 Å². The Morgan fingerprint density at radius 2 is 2.00 bits per heavy atom. The highest BCUT2D eigenvalue weighted by Crippen LogP contribution is 2.49. The first-order valence-electron chi connectivity index (χ1n) is 10.3. The van der Waals surface area contributed by atoms with Gasteiger partial charge in [0.2, 0.25) is 0 Å². The topological polar surface area (TPSA) is 80.8 Å². The van der Waals surface area contributed by atoms with Crippen LogP contribution in [-0.4, -0.2) is 31.9 Å². The Morgan fingerprint density at radius 1 is 1.19 bits per heavy atom. The summed E-state index contributed by atoms with van der Waals surface area (Å²) in [5.41, 5.74) is 3.01. The first-order valence-corrected chi connectivity index (χ1v) is 11.1. The fourth-order valence-electron chi connectivity index (χ4n) is 4.05. The molecule has 0 bridgehead atoms. The number of aromatic nitrogens is 3. The minimum absolute atomic E-state index is 0.178. The molecule has 154 valence electrons. The van der Waals surface area contributed by atoms with Gasteiger partial charge in [-0.05, 0) is 50.5 Å². The summed E-state index contributed by atoms with van der Waals surface area (Å²) in [5.74, 6) is -0.178. The largest absolute Gasteiger partial charge is 0.465 e. The molecular formula is C24H20N4O2S. The molecule has 5 rings (SSSR count). The average molecular weight is 429 g/mol. The van der Waals surface area contributed by atoms with Crippen molar-refractivity contribution in [3.05, 3.63) is 60.3 Å². The van der Waals surface area contributed by atoms with Crippen molar-refractivity contribution in [3.8, 4) is 11.8 Å². The van der Waals surface area contributed by atoms with Crippen LogP contribution in [0.15, 0.2) is 59.9 Å². The molecule has 31 heavy (non-hydrogen) atoms. The number of fused-ring (bicyclic) bond motifs is 2. The van der Waals surface area contributed by atoms with Crippen molar-refractivity contribution in [2.24, 2.45) is 0 Å². The van der Waals surface area contributed by atoms with Gasteiger partial charge in [-0.1, -0.05) is 36.0 Å². The van der Waals surface area contributed by atoms with E-state index in [-0.39, 0.29) is 5.97 Å².